The summed E-state index contributed by atoms with van der Waals surface area (Å²) < 4.78 is 37.3. The SMILES string of the molecule is O=C1CCC(c2ccc(C#CCN3CCN(CC4CCC(n5cc(NC(=O)c6cnn7ccc(N8C[C@@H]9C[C@H]8CO9)nc67)c(C(F)F)n5)CC4)CC3)cc2)C(=O)N1. The quantitative estimate of drug-likeness (QED) is 0.189. The van der Waals surface area contributed by atoms with Crippen molar-refractivity contribution >= 4 is 34.9 Å². The molecule has 2 N–H and O–H groups in total. The summed E-state index contributed by atoms with van der Waals surface area (Å²) in [6, 6.07) is 9.82. The van der Waals surface area contributed by atoms with Crippen LogP contribution in [-0.2, 0) is 14.3 Å². The maximum atomic E-state index is 14.2. The van der Waals surface area contributed by atoms with Gasteiger partial charge in [0.15, 0.2) is 11.3 Å². The molecule has 1 aromatic carbocycles. The first kappa shape index (κ1) is 37.3. The first-order chi connectivity index (χ1) is 27.7. The van der Waals surface area contributed by atoms with Crippen LogP contribution in [0.25, 0.3) is 5.65 Å². The number of morpholine rings is 1. The molecule has 3 amide bonds. The van der Waals surface area contributed by atoms with Crippen molar-refractivity contribution < 1.29 is 27.9 Å². The van der Waals surface area contributed by atoms with Crippen LogP contribution in [-0.4, -0.2) is 116 Å². The third-order valence-electron chi connectivity index (χ3n) is 12.3. The van der Waals surface area contributed by atoms with E-state index in [1.165, 1.54) is 10.7 Å². The van der Waals surface area contributed by atoms with E-state index in [1.54, 1.807) is 17.1 Å². The van der Waals surface area contributed by atoms with Crippen molar-refractivity contribution in [3.05, 3.63) is 71.3 Å². The molecule has 1 aliphatic carbocycles. The van der Waals surface area contributed by atoms with Gasteiger partial charge in [-0.1, -0.05) is 24.0 Å². The Bertz CT molecular complexity index is 2200. The Morgan fingerprint density at radius 1 is 1.00 bits per heavy atom. The summed E-state index contributed by atoms with van der Waals surface area (Å²) in [5.41, 5.74) is 1.94. The molecular formula is C41H46F2N10O4. The van der Waals surface area contributed by atoms with Gasteiger partial charge < -0.3 is 19.9 Å². The highest BCUT2D eigenvalue weighted by Gasteiger charge is 2.40. The van der Waals surface area contributed by atoms with Crippen LogP contribution in [0.5, 0.6) is 0 Å². The molecule has 3 atom stereocenters. The molecule has 2 bridgehead atoms. The van der Waals surface area contributed by atoms with Crippen molar-refractivity contribution in [1.82, 2.24) is 39.5 Å². The van der Waals surface area contributed by atoms with Gasteiger partial charge in [0.05, 0.1) is 49.1 Å². The summed E-state index contributed by atoms with van der Waals surface area (Å²) in [4.78, 5) is 48.9. The first-order valence-corrected chi connectivity index (χ1v) is 20.0. The zero-order valence-corrected chi connectivity index (χ0v) is 31.7. The van der Waals surface area contributed by atoms with Crippen LogP contribution in [0.2, 0.25) is 0 Å². The van der Waals surface area contributed by atoms with Crippen LogP contribution in [0.4, 0.5) is 20.3 Å². The molecule has 4 saturated heterocycles. The molecule has 298 valence electrons. The molecule has 3 aromatic heterocycles. The van der Waals surface area contributed by atoms with Gasteiger partial charge in [-0.2, -0.15) is 10.2 Å². The number of anilines is 2. The summed E-state index contributed by atoms with van der Waals surface area (Å²) in [7, 11) is 0. The maximum Gasteiger partial charge on any atom is 0.284 e. The van der Waals surface area contributed by atoms with Gasteiger partial charge in [-0.05, 0) is 68.2 Å². The van der Waals surface area contributed by atoms with E-state index in [0.717, 1.165) is 88.3 Å². The molecule has 0 radical (unpaired) electrons. The van der Waals surface area contributed by atoms with Gasteiger partial charge in [-0.3, -0.25) is 29.3 Å². The van der Waals surface area contributed by atoms with Crippen molar-refractivity contribution in [3.63, 3.8) is 0 Å². The average molecular weight is 781 g/mol. The number of fused-ring (bicyclic) bond motifs is 3. The number of carbonyl (C=O) groups is 3. The second-order valence-electron chi connectivity index (χ2n) is 16.0. The van der Waals surface area contributed by atoms with Crippen molar-refractivity contribution in [3.8, 4) is 11.8 Å². The lowest BCUT2D eigenvalue weighted by Crippen LogP contribution is -2.48. The van der Waals surface area contributed by atoms with Gasteiger partial charge in [0.2, 0.25) is 11.8 Å². The first-order valence-electron chi connectivity index (χ1n) is 20.0. The minimum absolute atomic E-state index is 0.00637. The number of rotatable bonds is 9. The number of hydrogen-bond acceptors (Lipinski definition) is 10. The highest BCUT2D eigenvalue weighted by atomic mass is 19.3. The lowest BCUT2D eigenvalue weighted by atomic mass is 9.85. The van der Waals surface area contributed by atoms with E-state index in [9.17, 15) is 23.2 Å². The number of alkyl halides is 2. The zero-order valence-electron chi connectivity index (χ0n) is 31.7. The molecule has 9 rings (SSSR count). The fourth-order valence-electron chi connectivity index (χ4n) is 9.05. The number of carbonyl (C=O) groups excluding carboxylic acids is 3. The molecule has 4 aromatic rings. The fourth-order valence-corrected chi connectivity index (χ4v) is 9.05. The lowest BCUT2D eigenvalue weighted by molar-refractivity contribution is -0.134. The largest absolute Gasteiger partial charge is 0.374 e. The number of halogens is 2. The van der Waals surface area contributed by atoms with Crippen molar-refractivity contribution in [2.45, 2.75) is 75.5 Å². The topological polar surface area (TPSA) is 142 Å². The molecule has 7 heterocycles. The van der Waals surface area contributed by atoms with E-state index >= 15 is 0 Å². The van der Waals surface area contributed by atoms with Crippen molar-refractivity contribution in [2.24, 2.45) is 5.92 Å². The molecule has 14 nitrogen and oxygen atoms in total. The monoisotopic (exact) mass is 780 g/mol. The number of imide groups is 1. The van der Waals surface area contributed by atoms with Crippen LogP contribution in [0.15, 0.2) is 48.9 Å². The molecule has 0 spiro atoms. The van der Waals surface area contributed by atoms with Gasteiger partial charge in [0.25, 0.3) is 12.3 Å². The summed E-state index contributed by atoms with van der Waals surface area (Å²) >= 11 is 0. The smallest absolute Gasteiger partial charge is 0.284 e. The minimum atomic E-state index is -2.85. The Balaban J connectivity index is 0.742. The highest BCUT2D eigenvalue weighted by Crippen LogP contribution is 2.36. The Morgan fingerprint density at radius 2 is 1.79 bits per heavy atom. The second kappa shape index (κ2) is 16.0. The molecule has 5 fully saturated rings. The van der Waals surface area contributed by atoms with Gasteiger partial charge in [-0.15, -0.1) is 0 Å². The molecule has 16 heteroatoms. The second-order valence-corrected chi connectivity index (χ2v) is 16.0. The Labute approximate surface area is 328 Å². The van der Waals surface area contributed by atoms with Crippen LogP contribution in [0, 0.1) is 17.8 Å². The summed E-state index contributed by atoms with van der Waals surface area (Å²) in [6.45, 7) is 6.92. The Morgan fingerprint density at radius 3 is 2.51 bits per heavy atom. The number of nitrogens with one attached hydrogen (secondary N) is 2. The fraction of sp³-hybridized carbons (Fsp3) is 0.512. The third-order valence-corrected chi connectivity index (χ3v) is 12.3. The van der Waals surface area contributed by atoms with Crippen LogP contribution >= 0.6 is 0 Å². The van der Waals surface area contributed by atoms with Gasteiger partial charge in [-0.25, -0.2) is 18.3 Å². The predicted octanol–water partition coefficient (Wildman–Crippen LogP) is 4.01. The molecule has 57 heavy (non-hydrogen) atoms. The zero-order chi connectivity index (χ0) is 39.0. The molecule has 4 aliphatic heterocycles. The van der Waals surface area contributed by atoms with E-state index in [4.69, 9.17) is 9.72 Å². The molecule has 1 saturated carbocycles. The van der Waals surface area contributed by atoms with E-state index in [-0.39, 0.29) is 47.2 Å². The van der Waals surface area contributed by atoms with Crippen molar-refractivity contribution in [1.29, 1.82) is 0 Å². The summed E-state index contributed by atoms with van der Waals surface area (Å²) in [5, 5.41) is 13.7. The number of piperidine rings is 1. The normalized spacial score (nSPS) is 25.5. The van der Waals surface area contributed by atoms with E-state index < -0.39 is 18.0 Å². The number of ether oxygens (including phenoxy) is 1. The third kappa shape index (κ3) is 8.01. The maximum absolute atomic E-state index is 14.2. The Hall–Kier alpha value is -5.24. The van der Waals surface area contributed by atoms with Crippen LogP contribution < -0.4 is 15.5 Å². The summed E-state index contributed by atoms with van der Waals surface area (Å²) in [5.74, 6) is 6.51. The van der Waals surface area contributed by atoms with Gasteiger partial charge >= 0.3 is 0 Å². The van der Waals surface area contributed by atoms with Crippen LogP contribution in [0.3, 0.4) is 0 Å². The average Bonchev–Trinajstić information content (AvgIpc) is 4.04. The number of piperazine rings is 1. The number of aromatic nitrogens is 5. The highest BCUT2D eigenvalue weighted by molar-refractivity contribution is 6.08. The molecule has 1 unspecified atom stereocenters. The number of nitrogens with zero attached hydrogens (tertiary/aromatic N) is 8. The van der Waals surface area contributed by atoms with Gasteiger partial charge in [0.1, 0.15) is 11.4 Å². The van der Waals surface area contributed by atoms with Crippen LogP contribution in [0.1, 0.15) is 90.5 Å². The van der Waals surface area contributed by atoms with Crippen molar-refractivity contribution in [2.75, 3.05) is 62.6 Å². The molecular weight excluding hydrogens is 735 g/mol. The minimum Gasteiger partial charge on any atom is -0.374 e. The number of benzene rings is 1. The van der Waals surface area contributed by atoms with Gasteiger partial charge in [0, 0.05) is 63.6 Å². The lowest BCUT2D eigenvalue weighted by Gasteiger charge is -2.37. The van der Waals surface area contributed by atoms with E-state index in [1.807, 2.05) is 30.3 Å². The predicted molar refractivity (Wildman–Crippen MR) is 206 cm³/mol. The number of hydrogen-bond donors (Lipinski definition) is 2. The van der Waals surface area contributed by atoms with E-state index in [0.29, 0.717) is 37.6 Å². The molecule has 5 aliphatic rings. The number of amides is 3. The standard InChI is InChI=1S/C41H46F2N10O4/c42-38(43)37-34(45-41(56)33-21-44-52-15-13-35(46-39(33)52)51-23-31-20-30(51)25-57-31)24-53(48-37)29-9-5-27(6-10-29)22-50-18-16-49(17-19-50)14-1-2-26-3-7-28(8-4-26)32-11-12-36(54)47-40(32)55/h3-4,7-8,13,15,21,24,27,29-32,38H,5-6,9-12,14,16-20,22-23,25H2,(H,45,56)(H,47,54,55)/t27?,29?,30-,31-,32?/m0/s1. The Kier molecular flexibility index (Phi) is 10.5. The van der Waals surface area contributed by atoms with E-state index in [2.05, 4.69) is 47.4 Å². The summed E-state index contributed by atoms with van der Waals surface area (Å²) in [6.07, 6.45) is 7.53.